The minimum absolute atomic E-state index is 0.108. The Hall–Kier alpha value is -3.94. The van der Waals surface area contributed by atoms with E-state index in [0.29, 0.717) is 23.1 Å². The van der Waals surface area contributed by atoms with Crippen LogP contribution in [0.4, 0.5) is 0 Å². The van der Waals surface area contributed by atoms with E-state index in [2.05, 4.69) is 4.72 Å². The SMILES string of the molecule is CCCCOC(=O)COc1cc(-c2ccccc2S(C)(=O)=O)ccc1CCNS(=O)(=O)c1cc(C(=N)N)ccc1O. The molecule has 0 saturated carbocycles. The molecule has 0 amide bonds. The molecule has 0 aromatic heterocycles. The van der Waals surface area contributed by atoms with Crippen LogP contribution in [0, 0.1) is 5.41 Å². The predicted octanol–water partition coefficient (Wildman–Crippen LogP) is 2.99. The summed E-state index contributed by atoms with van der Waals surface area (Å²) in [5.74, 6) is -1.18. The highest BCUT2D eigenvalue weighted by Gasteiger charge is 2.21. The van der Waals surface area contributed by atoms with Crippen molar-refractivity contribution in [2.24, 2.45) is 5.73 Å². The van der Waals surface area contributed by atoms with Gasteiger partial charge in [0.25, 0.3) is 0 Å². The van der Waals surface area contributed by atoms with E-state index in [1.54, 1.807) is 36.4 Å². The van der Waals surface area contributed by atoms with Crippen LogP contribution in [0.1, 0.15) is 30.9 Å². The summed E-state index contributed by atoms with van der Waals surface area (Å²) in [7, 11) is -7.72. The molecular weight excluding hydrogens is 570 g/mol. The number of phenolic OH excluding ortho intramolecular Hbond substituents is 1. The minimum Gasteiger partial charge on any atom is -0.507 e. The Balaban J connectivity index is 1.87. The second-order valence-electron chi connectivity index (χ2n) is 9.20. The zero-order valence-corrected chi connectivity index (χ0v) is 24.3. The van der Waals surface area contributed by atoms with Crippen molar-refractivity contribution >= 4 is 31.7 Å². The number of hydrogen-bond donors (Lipinski definition) is 4. The molecule has 0 aliphatic heterocycles. The van der Waals surface area contributed by atoms with E-state index < -0.39 is 43.1 Å². The number of sulfonamides is 1. The number of nitrogens with one attached hydrogen (secondary N) is 2. The molecule has 0 unspecified atom stereocenters. The first-order chi connectivity index (χ1) is 19.3. The molecule has 0 aliphatic rings. The first kappa shape index (κ1) is 31.6. The fraction of sp³-hybridized carbons (Fsp3) is 0.286. The number of aromatic hydroxyl groups is 1. The largest absolute Gasteiger partial charge is 0.507 e. The number of rotatable bonds is 14. The van der Waals surface area contributed by atoms with Crippen LogP contribution in [-0.2, 0) is 35.8 Å². The zero-order valence-electron chi connectivity index (χ0n) is 22.7. The summed E-state index contributed by atoms with van der Waals surface area (Å²) in [5.41, 5.74) is 7.08. The van der Waals surface area contributed by atoms with Gasteiger partial charge in [0.05, 0.1) is 11.5 Å². The first-order valence-corrected chi connectivity index (χ1v) is 16.1. The van der Waals surface area contributed by atoms with Crippen LogP contribution < -0.4 is 15.2 Å². The molecule has 5 N–H and O–H groups in total. The maximum atomic E-state index is 12.9. The molecule has 41 heavy (non-hydrogen) atoms. The molecule has 0 atom stereocenters. The van der Waals surface area contributed by atoms with E-state index >= 15 is 0 Å². The highest BCUT2D eigenvalue weighted by Crippen LogP contribution is 2.32. The van der Waals surface area contributed by atoms with E-state index in [1.165, 1.54) is 12.1 Å². The lowest BCUT2D eigenvalue weighted by Gasteiger charge is -2.15. The van der Waals surface area contributed by atoms with Gasteiger partial charge in [-0.15, -0.1) is 0 Å². The third kappa shape index (κ3) is 8.52. The number of esters is 1. The van der Waals surface area contributed by atoms with Crippen molar-refractivity contribution in [2.75, 3.05) is 26.0 Å². The van der Waals surface area contributed by atoms with Crippen LogP contribution in [0.3, 0.4) is 0 Å². The summed E-state index contributed by atoms with van der Waals surface area (Å²) in [6.45, 7) is 1.72. The Morgan fingerprint density at radius 2 is 1.76 bits per heavy atom. The second-order valence-corrected chi connectivity index (χ2v) is 12.9. The number of ether oxygens (including phenoxy) is 2. The molecule has 13 heteroatoms. The van der Waals surface area contributed by atoms with Crippen molar-refractivity contribution in [3.8, 4) is 22.6 Å². The maximum absolute atomic E-state index is 12.9. The number of unbranched alkanes of at least 4 members (excludes halogenated alkanes) is 1. The van der Waals surface area contributed by atoms with Crippen molar-refractivity contribution in [3.63, 3.8) is 0 Å². The first-order valence-electron chi connectivity index (χ1n) is 12.7. The monoisotopic (exact) mass is 603 g/mol. The quantitative estimate of drug-likeness (QED) is 0.0930. The van der Waals surface area contributed by atoms with E-state index in [0.717, 1.165) is 24.8 Å². The van der Waals surface area contributed by atoms with Crippen LogP contribution in [0.15, 0.2) is 70.5 Å². The normalized spacial score (nSPS) is 11.7. The topological polar surface area (TPSA) is 186 Å². The average molecular weight is 604 g/mol. The Bertz CT molecular complexity index is 1640. The number of nitrogens with two attached hydrogens (primary N) is 1. The molecule has 0 radical (unpaired) electrons. The van der Waals surface area contributed by atoms with Crippen molar-refractivity contribution < 1.29 is 36.2 Å². The molecule has 0 fully saturated rings. The summed E-state index contributed by atoms with van der Waals surface area (Å²) in [5, 5.41) is 17.6. The lowest BCUT2D eigenvalue weighted by molar-refractivity contribution is -0.146. The molecule has 0 heterocycles. The van der Waals surface area contributed by atoms with Gasteiger partial charge in [-0.3, -0.25) is 5.41 Å². The van der Waals surface area contributed by atoms with Gasteiger partial charge in [0.15, 0.2) is 16.4 Å². The standard InChI is InChI=1S/C28H33N3O8S2/c1-3-4-15-38-27(33)18-39-24-16-20(22-7-5-6-8-25(22)40(2,34)35)10-9-19(24)13-14-31-41(36,37)26-17-21(28(29)30)11-12-23(26)32/h5-12,16-17,31-32H,3-4,13-15,18H2,1-2H3,(H3,29,30). The zero-order chi connectivity index (χ0) is 30.2. The van der Waals surface area contributed by atoms with E-state index in [1.807, 2.05) is 6.92 Å². The smallest absolute Gasteiger partial charge is 0.344 e. The number of hydrogen-bond acceptors (Lipinski definition) is 9. The summed E-state index contributed by atoms with van der Waals surface area (Å²) >= 11 is 0. The highest BCUT2D eigenvalue weighted by molar-refractivity contribution is 7.91. The number of sulfone groups is 1. The van der Waals surface area contributed by atoms with E-state index in [-0.39, 0.29) is 41.6 Å². The highest BCUT2D eigenvalue weighted by atomic mass is 32.2. The van der Waals surface area contributed by atoms with Gasteiger partial charge in [0.1, 0.15) is 22.2 Å². The molecule has 0 spiro atoms. The number of amidine groups is 1. The third-order valence-corrected chi connectivity index (χ3v) is 8.66. The molecule has 0 aliphatic carbocycles. The molecule has 220 valence electrons. The molecule has 3 rings (SSSR count). The molecule has 11 nitrogen and oxygen atoms in total. The molecular formula is C28H33N3O8S2. The number of nitrogen functional groups attached to an aromatic ring is 1. The van der Waals surface area contributed by atoms with E-state index in [4.69, 9.17) is 20.6 Å². The Kier molecular flexibility index (Phi) is 10.5. The van der Waals surface area contributed by atoms with Gasteiger partial charge in [0.2, 0.25) is 10.0 Å². The molecule has 3 aromatic carbocycles. The Morgan fingerprint density at radius 3 is 2.44 bits per heavy atom. The number of carbonyl (C=O) groups is 1. The predicted molar refractivity (Wildman–Crippen MR) is 154 cm³/mol. The van der Waals surface area contributed by atoms with Crippen LogP contribution in [0.5, 0.6) is 11.5 Å². The average Bonchev–Trinajstić information content (AvgIpc) is 2.92. The Labute approximate surface area is 239 Å². The molecule has 3 aromatic rings. The number of benzene rings is 3. The van der Waals surface area contributed by atoms with Gasteiger partial charge < -0.3 is 20.3 Å². The van der Waals surface area contributed by atoms with Gasteiger partial charge in [-0.2, -0.15) is 0 Å². The Morgan fingerprint density at radius 1 is 1.02 bits per heavy atom. The number of phenols is 1. The fourth-order valence-electron chi connectivity index (χ4n) is 3.89. The third-order valence-electron chi connectivity index (χ3n) is 6.02. The number of carbonyl (C=O) groups excluding carboxylic acids is 1. The van der Waals surface area contributed by atoms with Crippen LogP contribution in [-0.4, -0.2) is 59.8 Å². The second kappa shape index (κ2) is 13.6. The lowest BCUT2D eigenvalue weighted by atomic mass is 10.0. The summed E-state index contributed by atoms with van der Waals surface area (Å²) < 4.78 is 63.8. The maximum Gasteiger partial charge on any atom is 0.344 e. The summed E-state index contributed by atoms with van der Waals surface area (Å²) in [6.07, 6.45) is 2.80. The fourth-order valence-corrected chi connectivity index (χ4v) is 5.96. The van der Waals surface area contributed by atoms with Gasteiger partial charge in [-0.25, -0.2) is 26.4 Å². The van der Waals surface area contributed by atoms with Crippen molar-refractivity contribution in [1.29, 1.82) is 5.41 Å². The van der Waals surface area contributed by atoms with Crippen LogP contribution in [0.25, 0.3) is 11.1 Å². The summed E-state index contributed by atoms with van der Waals surface area (Å²) in [6, 6.07) is 15.0. The van der Waals surface area contributed by atoms with E-state index in [9.17, 15) is 26.7 Å². The van der Waals surface area contributed by atoms with Gasteiger partial charge in [-0.1, -0.05) is 43.7 Å². The van der Waals surface area contributed by atoms with Gasteiger partial charge in [-0.05, 0) is 54.3 Å². The van der Waals surface area contributed by atoms with Gasteiger partial charge in [0, 0.05) is 23.9 Å². The van der Waals surface area contributed by atoms with Crippen LogP contribution >= 0.6 is 0 Å². The molecule has 0 bridgehead atoms. The summed E-state index contributed by atoms with van der Waals surface area (Å²) in [4.78, 5) is 11.9. The van der Waals surface area contributed by atoms with Crippen molar-refractivity contribution in [2.45, 2.75) is 36.0 Å². The molecule has 0 saturated heterocycles. The van der Waals surface area contributed by atoms with Gasteiger partial charge >= 0.3 is 5.97 Å². The van der Waals surface area contributed by atoms with Crippen LogP contribution in [0.2, 0.25) is 0 Å². The minimum atomic E-state index is -4.18. The van der Waals surface area contributed by atoms with Crippen molar-refractivity contribution in [1.82, 2.24) is 4.72 Å². The lowest BCUT2D eigenvalue weighted by Crippen LogP contribution is -2.26. The van der Waals surface area contributed by atoms with Crippen molar-refractivity contribution in [3.05, 3.63) is 71.8 Å².